The van der Waals surface area contributed by atoms with Crippen LogP contribution in [-0.4, -0.2) is 28.3 Å². The van der Waals surface area contributed by atoms with Gasteiger partial charge in [0.25, 0.3) is 11.9 Å². The van der Waals surface area contributed by atoms with Crippen molar-refractivity contribution in [3.8, 4) is 0 Å². The predicted molar refractivity (Wildman–Crippen MR) is 82.4 cm³/mol. The Morgan fingerprint density at radius 2 is 2.05 bits per heavy atom. The Hall–Kier alpha value is -2.34. The maximum absolute atomic E-state index is 13.9. The number of carbonyl (C=O) groups excluding carboxylic acids is 1. The normalized spacial score (nSPS) is 21.5. The minimum Gasteiger partial charge on any atom is -0.265 e. The van der Waals surface area contributed by atoms with E-state index in [9.17, 15) is 9.18 Å². The lowest BCUT2D eigenvalue weighted by Crippen LogP contribution is -2.28. The van der Waals surface area contributed by atoms with Gasteiger partial charge in [-0.1, -0.05) is 17.7 Å². The zero-order valence-electron chi connectivity index (χ0n) is 11.4. The fourth-order valence-corrected chi connectivity index (χ4v) is 2.87. The first-order valence-electron chi connectivity index (χ1n) is 6.88. The lowest BCUT2D eigenvalue weighted by Gasteiger charge is -2.18. The van der Waals surface area contributed by atoms with E-state index in [4.69, 9.17) is 11.6 Å². The summed E-state index contributed by atoms with van der Waals surface area (Å²) in [6.07, 6.45) is 4.03. The number of hydrogen-bond acceptors (Lipinski definition) is 4. The van der Waals surface area contributed by atoms with Crippen LogP contribution in [0.25, 0.3) is 6.08 Å². The summed E-state index contributed by atoms with van der Waals surface area (Å²) in [4.78, 5) is 20.3. The second-order valence-electron chi connectivity index (χ2n) is 5.15. The highest BCUT2D eigenvalue weighted by Crippen LogP contribution is 2.29. The maximum atomic E-state index is 13.9. The van der Waals surface area contributed by atoms with Gasteiger partial charge in [-0.15, -0.1) is 0 Å². The molecule has 2 heterocycles. The van der Waals surface area contributed by atoms with Gasteiger partial charge in [-0.2, -0.15) is 15.1 Å². The van der Waals surface area contributed by atoms with Crippen molar-refractivity contribution in [3.63, 3.8) is 0 Å². The van der Waals surface area contributed by atoms with E-state index in [0.29, 0.717) is 0 Å². The second-order valence-corrected chi connectivity index (χ2v) is 5.56. The van der Waals surface area contributed by atoms with E-state index >= 15 is 0 Å². The van der Waals surface area contributed by atoms with Crippen LogP contribution >= 0.6 is 11.6 Å². The fourth-order valence-electron chi connectivity index (χ4n) is 2.65. The Bertz CT molecular complexity index is 805. The molecule has 1 aromatic carbocycles. The number of benzene rings is 1. The zero-order valence-corrected chi connectivity index (χ0v) is 12.1. The zero-order chi connectivity index (χ0) is 15.3. The Kier molecular flexibility index (Phi) is 2.94. The maximum Gasteiger partial charge on any atom is 0.299 e. The highest BCUT2D eigenvalue weighted by molar-refractivity contribution is 6.46. The van der Waals surface area contributed by atoms with Crippen LogP contribution in [0.5, 0.6) is 0 Å². The summed E-state index contributed by atoms with van der Waals surface area (Å²) in [5.41, 5.74) is 2.04. The lowest BCUT2D eigenvalue weighted by molar-refractivity contribution is -0.114. The minimum atomic E-state index is -0.504. The third-order valence-electron chi connectivity index (χ3n) is 3.74. The van der Waals surface area contributed by atoms with Crippen LogP contribution in [-0.2, 0) is 4.79 Å². The molecule has 110 valence electrons. The average molecular weight is 317 g/mol. The van der Waals surface area contributed by atoms with Gasteiger partial charge in [0.1, 0.15) is 11.5 Å². The van der Waals surface area contributed by atoms with Gasteiger partial charge >= 0.3 is 0 Å². The molecule has 3 aliphatic rings. The lowest BCUT2D eigenvalue weighted by atomic mass is 10.1. The molecule has 1 aromatic rings. The van der Waals surface area contributed by atoms with Gasteiger partial charge in [-0.3, -0.25) is 4.79 Å². The van der Waals surface area contributed by atoms with E-state index in [1.165, 1.54) is 23.2 Å². The van der Waals surface area contributed by atoms with Crippen molar-refractivity contribution in [3.05, 3.63) is 40.3 Å². The Balaban J connectivity index is 1.80. The first kappa shape index (κ1) is 13.3. The predicted octanol–water partition coefficient (Wildman–Crippen LogP) is 3.01. The van der Waals surface area contributed by atoms with Gasteiger partial charge in [0.15, 0.2) is 0 Å². The van der Waals surface area contributed by atoms with E-state index in [0.717, 1.165) is 30.7 Å². The summed E-state index contributed by atoms with van der Waals surface area (Å²) >= 11 is 6.00. The molecule has 0 saturated heterocycles. The number of carbonyl (C=O) groups is 1. The number of fused-ring (bicyclic) bond motifs is 2. The van der Waals surface area contributed by atoms with Crippen LogP contribution in [0.2, 0.25) is 5.02 Å². The standard InChI is InChI=1S/C15H10ClFN4O/c16-9-3-1-4-10(17)8(9)7-13-14(22)19-15-18-11-5-2-6-12(11)20-21(13)15/h1,3-4,7H,2,5-6H2. The van der Waals surface area contributed by atoms with E-state index in [1.807, 2.05) is 0 Å². The number of rotatable bonds is 1. The Morgan fingerprint density at radius 1 is 1.23 bits per heavy atom. The van der Waals surface area contributed by atoms with Gasteiger partial charge < -0.3 is 0 Å². The Labute approximate surface area is 130 Å². The van der Waals surface area contributed by atoms with E-state index < -0.39 is 11.7 Å². The number of nitrogens with zero attached hydrogens (tertiary/aromatic N) is 4. The molecular formula is C15H10ClFN4O. The van der Waals surface area contributed by atoms with Gasteiger partial charge in [-0.05, 0) is 37.5 Å². The highest BCUT2D eigenvalue weighted by Gasteiger charge is 2.35. The fraction of sp³-hybridized carbons (Fsp3) is 0.200. The van der Waals surface area contributed by atoms with Crippen LogP contribution in [0.4, 0.5) is 4.39 Å². The smallest absolute Gasteiger partial charge is 0.265 e. The molecular weight excluding hydrogens is 307 g/mol. The van der Waals surface area contributed by atoms with Gasteiger partial charge in [0.2, 0.25) is 0 Å². The molecule has 1 fully saturated rings. The summed E-state index contributed by atoms with van der Waals surface area (Å²) in [6.45, 7) is 0. The SMILES string of the molecule is O=C1N=C2N=C3CCCC3=NN2C1=Cc1c(F)cccc1Cl. The van der Waals surface area contributed by atoms with Crippen molar-refractivity contribution >= 4 is 41.0 Å². The van der Waals surface area contributed by atoms with E-state index in [2.05, 4.69) is 15.1 Å². The molecule has 2 aliphatic heterocycles. The third kappa shape index (κ3) is 1.99. The number of aliphatic imine (C=N–C) groups is 2. The molecule has 0 atom stereocenters. The van der Waals surface area contributed by atoms with Crippen LogP contribution in [0.1, 0.15) is 24.8 Å². The first-order valence-corrected chi connectivity index (χ1v) is 7.25. The molecule has 0 radical (unpaired) electrons. The molecule has 1 amide bonds. The van der Waals surface area contributed by atoms with Gasteiger partial charge in [0, 0.05) is 5.56 Å². The summed E-state index contributed by atoms with van der Waals surface area (Å²) < 4.78 is 13.9. The number of amides is 1. The molecule has 0 unspecified atom stereocenters. The molecule has 5 nitrogen and oxygen atoms in total. The average Bonchev–Trinajstić information content (AvgIpc) is 3.04. The minimum absolute atomic E-state index is 0.144. The van der Waals surface area contributed by atoms with Crippen LogP contribution < -0.4 is 0 Å². The molecule has 0 N–H and O–H groups in total. The summed E-state index contributed by atoms with van der Waals surface area (Å²) in [7, 11) is 0. The van der Waals surface area contributed by atoms with Crippen LogP contribution in [0.3, 0.4) is 0 Å². The first-order chi connectivity index (χ1) is 10.6. The van der Waals surface area contributed by atoms with E-state index in [1.54, 1.807) is 6.07 Å². The topological polar surface area (TPSA) is 57.4 Å². The quantitative estimate of drug-likeness (QED) is 0.748. The van der Waals surface area contributed by atoms with Crippen LogP contribution in [0, 0.1) is 5.82 Å². The molecule has 4 rings (SSSR count). The molecule has 0 spiro atoms. The number of hydrazone groups is 1. The molecule has 0 bridgehead atoms. The monoisotopic (exact) mass is 316 g/mol. The van der Waals surface area contributed by atoms with Crippen molar-refractivity contribution in [2.75, 3.05) is 0 Å². The van der Waals surface area contributed by atoms with Gasteiger partial charge in [0.05, 0.1) is 16.4 Å². The summed E-state index contributed by atoms with van der Waals surface area (Å²) in [6, 6.07) is 4.36. The second kappa shape index (κ2) is 4.84. The molecule has 1 saturated carbocycles. The third-order valence-corrected chi connectivity index (χ3v) is 4.06. The highest BCUT2D eigenvalue weighted by atomic mass is 35.5. The van der Waals surface area contributed by atoms with Crippen molar-refractivity contribution in [1.29, 1.82) is 0 Å². The molecule has 1 aliphatic carbocycles. The summed E-state index contributed by atoms with van der Waals surface area (Å²) in [5.74, 6) is -0.761. The summed E-state index contributed by atoms with van der Waals surface area (Å²) in [5, 5.41) is 6.02. The van der Waals surface area contributed by atoms with Crippen LogP contribution in [0.15, 0.2) is 39.0 Å². The molecule has 22 heavy (non-hydrogen) atoms. The van der Waals surface area contributed by atoms with Crippen molar-refractivity contribution < 1.29 is 9.18 Å². The Morgan fingerprint density at radius 3 is 2.86 bits per heavy atom. The van der Waals surface area contributed by atoms with Gasteiger partial charge in [-0.25, -0.2) is 9.38 Å². The number of hydrogen-bond donors (Lipinski definition) is 0. The largest absolute Gasteiger partial charge is 0.299 e. The van der Waals surface area contributed by atoms with Crippen molar-refractivity contribution in [2.24, 2.45) is 15.1 Å². The number of halogens is 2. The molecule has 7 heteroatoms. The van der Waals surface area contributed by atoms with Crippen molar-refractivity contribution in [2.45, 2.75) is 19.3 Å². The van der Waals surface area contributed by atoms with E-state index in [-0.39, 0.29) is 22.2 Å². The molecule has 0 aromatic heterocycles. The van der Waals surface area contributed by atoms with Crippen molar-refractivity contribution in [1.82, 2.24) is 5.01 Å². The number of guanidine groups is 1.